The predicted molar refractivity (Wildman–Crippen MR) is 108 cm³/mol. The number of aromatic nitrogens is 3. The molecule has 10 heteroatoms. The summed E-state index contributed by atoms with van der Waals surface area (Å²) in [4.78, 5) is 13.7. The fourth-order valence-electron chi connectivity index (χ4n) is 3.86. The van der Waals surface area contributed by atoms with Gasteiger partial charge in [0, 0.05) is 51.9 Å². The molecule has 0 amide bonds. The lowest BCUT2D eigenvalue weighted by atomic mass is 10.2. The molecule has 2 fully saturated rings. The third kappa shape index (κ3) is 4.15. The number of sulfonamides is 1. The molecule has 2 saturated heterocycles. The minimum Gasteiger partial charge on any atom is -0.354 e. The van der Waals surface area contributed by atoms with Gasteiger partial charge in [-0.05, 0) is 31.9 Å². The summed E-state index contributed by atoms with van der Waals surface area (Å²) < 4.78 is 32.2. The number of hydrogen-bond acceptors (Lipinski definition) is 8. The largest absolute Gasteiger partial charge is 0.354 e. The van der Waals surface area contributed by atoms with Gasteiger partial charge in [-0.1, -0.05) is 12.1 Å². The zero-order valence-electron chi connectivity index (χ0n) is 17.0. The Kier molecular flexibility index (Phi) is 5.84. The number of aryl methyl sites for hydroxylation is 1. The molecule has 0 aromatic carbocycles. The number of rotatable bonds is 6. The Morgan fingerprint density at radius 3 is 2.41 bits per heavy atom. The molecule has 2 aromatic heterocycles. The van der Waals surface area contributed by atoms with Crippen LogP contribution in [0.4, 0.5) is 5.82 Å². The van der Waals surface area contributed by atoms with E-state index in [0.717, 1.165) is 57.1 Å². The normalized spacial score (nSPS) is 20.3. The Morgan fingerprint density at radius 1 is 1.10 bits per heavy atom. The van der Waals surface area contributed by atoms with Crippen molar-refractivity contribution >= 4 is 15.8 Å². The Balaban J connectivity index is 1.37. The second-order valence-corrected chi connectivity index (χ2v) is 9.50. The molecule has 29 heavy (non-hydrogen) atoms. The maximum absolute atomic E-state index is 12.6. The van der Waals surface area contributed by atoms with Crippen molar-refractivity contribution in [3.05, 3.63) is 30.0 Å². The van der Waals surface area contributed by atoms with Crippen LogP contribution in [0.3, 0.4) is 0 Å². The van der Waals surface area contributed by atoms with Crippen molar-refractivity contribution in [2.75, 3.05) is 44.2 Å². The molecule has 158 valence electrons. The topological polar surface area (TPSA) is 95.7 Å². The Bertz CT molecular complexity index is 916. The molecular weight excluding hydrogens is 392 g/mol. The number of hydrogen-bond donors (Lipinski definition) is 0. The first-order chi connectivity index (χ1) is 14.0. The number of anilines is 1. The number of pyridine rings is 1. The maximum atomic E-state index is 12.6. The van der Waals surface area contributed by atoms with Crippen LogP contribution in [0.2, 0.25) is 0 Å². The van der Waals surface area contributed by atoms with Crippen LogP contribution in [-0.4, -0.2) is 72.0 Å². The van der Waals surface area contributed by atoms with Crippen molar-refractivity contribution in [3.63, 3.8) is 0 Å². The molecule has 0 spiro atoms. The van der Waals surface area contributed by atoms with Crippen molar-refractivity contribution in [2.24, 2.45) is 0 Å². The van der Waals surface area contributed by atoms with Gasteiger partial charge in [-0.2, -0.15) is 9.29 Å². The van der Waals surface area contributed by atoms with Crippen molar-refractivity contribution in [1.82, 2.24) is 24.3 Å². The summed E-state index contributed by atoms with van der Waals surface area (Å²) >= 11 is 0. The summed E-state index contributed by atoms with van der Waals surface area (Å²) in [5, 5.41) is 3.98. The molecule has 0 radical (unpaired) electrons. The first-order valence-corrected chi connectivity index (χ1v) is 11.7. The van der Waals surface area contributed by atoms with E-state index in [1.54, 1.807) is 10.4 Å². The molecule has 2 aliphatic rings. The van der Waals surface area contributed by atoms with Gasteiger partial charge in [-0.15, -0.1) is 0 Å². The van der Waals surface area contributed by atoms with E-state index < -0.39 is 10.0 Å². The lowest BCUT2D eigenvalue weighted by molar-refractivity contribution is 0.164. The predicted octanol–water partition coefficient (Wildman–Crippen LogP) is 1.69. The molecule has 0 aliphatic carbocycles. The molecule has 1 atom stereocenters. The highest BCUT2D eigenvalue weighted by Gasteiger charge is 2.29. The van der Waals surface area contributed by atoms with E-state index >= 15 is 0 Å². The van der Waals surface area contributed by atoms with Crippen LogP contribution in [0.15, 0.2) is 27.7 Å². The van der Waals surface area contributed by atoms with E-state index in [2.05, 4.69) is 31.8 Å². The van der Waals surface area contributed by atoms with Crippen molar-refractivity contribution < 1.29 is 12.9 Å². The fraction of sp³-hybridized carbons (Fsp3) is 0.632. The SMILES string of the molecule is CCc1noc(C(C)N2CCN(c3ccc(S(=O)(=O)N4CCCC4)cn3)CC2)n1. The van der Waals surface area contributed by atoms with Gasteiger partial charge in [0.05, 0.1) is 6.04 Å². The van der Waals surface area contributed by atoms with Crippen LogP contribution in [0.5, 0.6) is 0 Å². The summed E-state index contributed by atoms with van der Waals surface area (Å²) in [5.74, 6) is 2.20. The van der Waals surface area contributed by atoms with Gasteiger partial charge < -0.3 is 9.42 Å². The minimum atomic E-state index is -3.42. The lowest BCUT2D eigenvalue weighted by Gasteiger charge is -2.37. The average molecular weight is 421 g/mol. The van der Waals surface area contributed by atoms with E-state index in [0.29, 0.717) is 19.0 Å². The Morgan fingerprint density at radius 2 is 1.83 bits per heavy atom. The van der Waals surface area contributed by atoms with Crippen molar-refractivity contribution in [1.29, 1.82) is 0 Å². The van der Waals surface area contributed by atoms with Crippen molar-refractivity contribution in [2.45, 2.75) is 44.0 Å². The minimum absolute atomic E-state index is 0.0749. The van der Waals surface area contributed by atoms with E-state index in [4.69, 9.17) is 4.52 Å². The molecular formula is C19H28N6O3S. The summed E-state index contributed by atoms with van der Waals surface area (Å²) in [7, 11) is -3.42. The van der Waals surface area contributed by atoms with Crippen LogP contribution in [0.1, 0.15) is 44.4 Å². The summed E-state index contributed by atoms with van der Waals surface area (Å²) in [6, 6.07) is 3.56. The first kappa shape index (κ1) is 20.2. The van der Waals surface area contributed by atoms with Gasteiger partial charge in [0.25, 0.3) is 0 Å². The highest BCUT2D eigenvalue weighted by Crippen LogP contribution is 2.24. The van der Waals surface area contributed by atoms with E-state index in [-0.39, 0.29) is 10.9 Å². The molecule has 1 unspecified atom stereocenters. The van der Waals surface area contributed by atoms with E-state index in [1.807, 2.05) is 13.0 Å². The summed E-state index contributed by atoms with van der Waals surface area (Å²) in [5.41, 5.74) is 0. The second-order valence-electron chi connectivity index (χ2n) is 7.56. The van der Waals surface area contributed by atoms with Crippen LogP contribution in [-0.2, 0) is 16.4 Å². The van der Waals surface area contributed by atoms with Gasteiger partial charge in [-0.25, -0.2) is 13.4 Å². The molecule has 4 rings (SSSR count). The van der Waals surface area contributed by atoms with Crippen LogP contribution in [0, 0.1) is 0 Å². The quantitative estimate of drug-likeness (QED) is 0.697. The zero-order chi connectivity index (χ0) is 20.4. The molecule has 2 aromatic rings. The zero-order valence-corrected chi connectivity index (χ0v) is 17.8. The Labute approximate surface area is 171 Å². The van der Waals surface area contributed by atoms with Gasteiger partial charge in [0.1, 0.15) is 10.7 Å². The third-order valence-corrected chi connectivity index (χ3v) is 7.65. The third-order valence-electron chi connectivity index (χ3n) is 5.77. The molecule has 2 aliphatic heterocycles. The molecule has 0 N–H and O–H groups in total. The van der Waals surface area contributed by atoms with Gasteiger partial charge in [0.15, 0.2) is 5.82 Å². The molecule has 4 heterocycles. The van der Waals surface area contributed by atoms with Gasteiger partial charge in [0.2, 0.25) is 15.9 Å². The van der Waals surface area contributed by atoms with Crippen LogP contribution >= 0.6 is 0 Å². The summed E-state index contributed by atoms with van der Waals surface area (Å²) in [6.45, 7) is 8.61. The highest BCUT2D eigenvalue weighted by atomic mass is 32.2. The molecule has 0 bridgehead atoms. The first-order valence-electron chi connectivity index (χ1n) is 10.3. The smallest absolute Gasteiger partial charge is 0.244 e. The second kappa shape index (κ2) is 8.37. The van der Waals surface area contributed by atoms with E-state index in [1.165, 1.54) is 6.20 Å². The molecule has 0 saturated carbocycles. The lowest BCUT2D eigenvalue weighted by Crippen LogP contribution is -2.47. The van der Waals surface area contributed by atoms with Gasteiger partial charge in [-0.3, -0.25) is 4.90 Å². The average Bonchev–Trinajstić information content (AvgIpc) is 3.46. The van der Waals surface area contributed by atoms with Crippen LogP contribution in [0.25, 0.3) is 0 Å². The highest BCUT2D eigenvalue weighted by molar-refractivity contribution is 7.89. The molecule has 9 nitrogen and oxygen atoms in total. The standard InChI is InChI=1S/C19H28N6O3S/c1-3-17-21-19(28-22-17)15(2)23-10-12-24(13-11-23)18-7-6-16(14-20-18)29(26,27)25-8-4-5-9-25/h6-7,14-15H,3-5,8-13H2,1-2H3. The van der Waals surface area contributed by atoms with Crippen LogP contribution < -0.4 is 4.90 Å². The van der Waals surface area contributed by atoms with E-state index in [9.17, 15) is 8.42 Å². The summed E-state index contributed by atoms with van der Waals surface area (Å²) in [6.07, 6.45) is 4.11. The van der Waals surface area contributed by atoms with Crippen molar-refractivity contribution in [3.8, 4) is 0 Å². The van der Waals surface area contributed by atoms with Gasteiger partial charge >= 0.3 is 0 Å². The Hall–Kier alpha value is -2.04. The monoisotopic (exact) mass is 420 g/mol. The number of nitrogens with zero attached hydrogens (tertiary/aromatic N) is 6. The fourth-order valence-corrected chi connectivity index (χ4v) is 5.33. The number of piperazine rings is 1. The maximum Gasteiger partial charge on any atom is 0.244 e.